The molecule has 9 heteroatoms. The molecule has 1 saturated heterocycles. The van der Waals surface area contributed by atoms with Gasteiger partial charge in [0, 0.05) is 45.3 Å². The second kappa shape index (κ2) is 11.8. The summed E-state index contributed by atoms with van der Waals surface area (Å²) in [6, 6.07) is 4.96. The highest BCUT2D eigenvalue weighted by molar-refractivity contribution is 6.32. The first-order valence-corrected chi connectivity index (χ1v) is 12.3. The molecule has 2 N–H and O–H groups in total. The number of hydrogen-bond acceptors (Lipinski definition) is 7. The molecule has 0 unspecified atom stereocenters. The lowest BCUT2D eigenvalue weighted by Crippen LogP contribution is -2.28. The normalized spacial score (nSPS) is 17.6. The van der Waals surface area contributed by atoms with Crippen LogP contribution in [0.5, 0.6) is 11.6 Å². The highest BCUT2D eigenvalue weighted by Gasteiger charge is 2.59. The molecule has 1 aliphatic carbocycles. The largest absolute Gasteiger partial charge is 0.507 e. The van der Waals surface area contributed by atoms with E-state index in [1.165, 1.54) is 0 Å². The molecule has 0 bridgehead atoms. The Balaban J connectivity index is 0.000000638. The minimum Gasteiger partial charge on any atom is -0.507 e. The summed E-state index contributed by atoms with van der Waals surface area (Å²) in [4.78, 5) is 19.2. The zero-order valence-corrected chi connectivity index (χ0v) is 21.5. The number of carbonyl (C=O) groups excluding carboxylic acids is 1. The summed E-state index contributed by atoms with van der Waals surface area (Å²) in [5.74, 6) is 0.688. The van der Waals surface area contributed by atoms with Crippen LogP contribution in [0.4, 0.5) is 11.4 Å². The first-order valence-electron chi connectivity index (χ1n) is 11.9. The number of nitrogens with one attached hydrogen (secondary N) is 1. The van der Waals surface area contributed by atoms with Gasteiger partial charge in [0.25, 0.3) is 0 Å². The van der Waals surface area contributed by atoms with E-state index in [-0.39, 0.29) is 11.7 Å². The summed E-state index contributed by atoms with van der Waals surface area (Å²) in [5, 5.41) is 18.1. The number of ether oxygens (including phenoxy) is 3. The quantitative estimate of drug-likeness (QED) is 0.540. The number of phenols is 1. The number of fused-ring (bicyclic) bond motifs is 2. The molecular weight excluding hydrogens is 470 g/mol. The Labute approximate surface area is 211 Å². The number of aromatic hydroxyl groups is 1. The molecule has 3 heterocycles. The van der Waals surface area contributed by atoms with Gasteiger partial charge in [0.2, 0.25) is 11.8 Å². The number of benzene rings is 1. The molecule has 1 saturated carbocycles. The molecule has 0 radical (unpaired) electrons. The first-order chi connectivity index (χ1) is 16.9. The number of pyridine rings is 1. The predicted molar refractivity (Wildman–Crippen MR) is 137 cm³/mol. The number of rotatable bonds is 5. The molecule has 3 aliphatic rings. The zero-order valence-electron chi connectivity index (χ0n) is 20.8. The van der Waals surface area contributed by atoms with Crippen LogP contribution in [0.1, 0.15) is 50.7 Å². The number of methoxy groups -OCH3 is 1. The zero-order chi connectivity index (χ0) is 25.6. The van der Waals surface area contributed by atoms with Crippen LogP contribution < -0.4 is 9.64 Å². The Kier molecular flexibility index (Phi) is 9.10. The minimum absolute atomic E-state index is 0.0327. The van der Waals surface area contributed by atoms with Crippen LogP contribution in [0.15, 0.2) is 24.4 Å². The molecule has 190 valence electrons. The average molecular weight is 504 g/mol. The molecule has 1 spiro atoms. The van der Waals surface area contributed by atoms with E-state index < -0.39 is 5.41 Å². The van der Waals surface area contributed by atoms with Gasteiger partial charge in [0.15, 0.2) is 0 Å². The maximum atomic E-state index is 13.3. The Morgan fingerprint density at radius 3 is 2.49 bits per heavy atom. The van der Waals surface area contributed by atoms with Crippen LogP contribution in [0.2, 0.25) is 5.02 Å². The second-order valence-corrected chi connectivity index (χ2v) is 8.96. The van der Waals surface area contributed by atoms with Gasteiger partial charge in [-0.1, -0.05) is 25.4 Å². The monoisotopic (exact) mass is 503 g/mol. The van der Waals surface area contributed by atoms with Crippen LogP contribution in [-0.4, -0.2) is 56.3 Å². The Morgan fingerprint density at radius 1 is 1.26 bits per heavy atom. The van der Waals surface area contributed by atoms with Gasteiger partial charge in [-0.2, -0.15) is 0 Å². The third-order valence-electron chi connectivity index (χ3n) is 6.27. The summed E-state index contributed by atoms with van der Waals surface area (Å²) in [6.45, 7) is 6.03. The number of nitrogens with zero attached hydrogens (tertiary/aromatic N) is 2. The van der Waals surface area contributed by atoms with Gasteiger partial charge in [0.1, 0.15) is 10.8 Å². The molecule has 2 aliphatic heterocycles. The highest BCUT2D eigenvalue weighted by Crippen LogP contribution is 2.60. The molecule has 0 atom stereocenters. The van der Waals surface area contributed by atoms with E-state index in [1.807, 2.05) is 13.8 Å². The summed E-state index contributed by atoms with van der Waals surface area (Å²) in [5.41, 5.74) is 1.85. The standard InChI is InChI=1S/C22H22ClN3O4.C2H6O.C2H6/c23-17-8-15(11-25-20(17)30-12-13-1-5-29-6-2-13)26-18-9-19(27)14(10-24)7-16(18)22(3-4-22)21(26)28;1-3-2;1-2/h7-11,13,24,27H,1-6,12H2;1-2H3;1-2H3. The van der Waals surface area contributed by atoms with Crippen molar-refractivity contribution in [1.82, 2.24) is 4.98 Å². The van der Waals surface area contributed by atoms with Gasteiger partial charge in [-0.05, 0) is 49.3 Å². The van der Waals surface area contributed by atoms with Crippen molar-refractivity contribution in [3.05, 3.63) is 40.5 Å². The van der Waals surface area contributed by atoms with Crippen LogP contribution in [0, 0.1) is 11.3 Å². The number of aromatic nitrogens is 1. The van der Waals surface area contributed by atoms with Crippen molar-refractivity contribution in [3.8, 4) is 11.6 Å². The molecular formula is C26H34ClN3O5. The van der Waals surface area contributed by atoms with Crippen molar-refractivity contribution >= 4 is 35.1 Å². The fourth-order valence-corrected chi connectivity index (χ4v) is 4.55. The van der Waals surface area contributed by atoms with Crippen LogP contribution >= 0.6 is 11.6 Å². The average Bonchev–Trinajstić information content (AvgIpc) is 3.64. The number of anilines is 2. The third kappa shape index (κ3) is 5.44. The van der Waals surface area contributed by atoms with Gasteiger partial charge in [0.05, 0.1) is 29.6 Å². The lowest BCUT2D eigenvalue weighted by Gasteiger charge is -2.22. The van der Waals surface area contributed by atoms with Crippen molar-refractivity contribution in [2.45, 2.75) is 44.9 Å². The lowest BCUT2D eigenvalue weighted by atomic mass is 9.96. The Morgan fingerprint density at radius 2 is 1.91 bits per heavy atom. The van der Waals surface area contributed by atoms with E-state index in [9.17, 15) is 9.90 Å². The van der Waals surface area contributed by atoms with Gasteiger partial charge < -0.3 is 24.7 Å². The Bertz CT molecular complexity index is 1050. The van der Waals surface area contributed by atoms with Crippen molar-refractivity contribution in [2.24, 2.45) is 5.92 Å². The number of hydrogen-bond donors (Lipinski definition) is 2. The van der Waals surface area contributed by atoms with E-state index in [4.69, 9.17) is 26.5 Å². The second-order valence-electron chi connectivity index (χ2n) is 8.55. The van der Waals surface area contributed by atoms with Gasteiger partial charge in [-0.15, -0.1) is 0 Å². The molecule has 5 rings (SSSR count). The van der Waals surface area contributed by atoms with E-state index in [0.717, 1.165) is 50.7 Å². The summed E-state index contributed by atoms with van der Waals surface area (Å²) in [6.07, 6.45) is 6.10. The molecule has 35 heavy (non-hydrogen) atoms. The summed E-state index contributed by atoms with van der Waals surface area (Å²) in [7, 11) is 3.25. The number of carbonyl (C=O) groups is 1. The maximum Gasteiger partial charge on any atom is 0.242 e. The van der Waals surface area contributed by atoms with E-state index in [2.05, 4.69) is 9.72 Å². The third-order valence-corrected chi connectivity index (χ3v) is 6.54. The van der Waals surface area contributed by atoms with Crippen molar-refractivity contribution < 1.29 is 24.1 Å². The SMILES string of the molecule is CC.COC.N=Cc1cc2c(cc1O)N(c1cnc(OCC3CCOCC3)c(Cl)c1)C(=O)C21CC1. The Hall–Kier alpha value is -2.68. The topological polar surface area (TPSA) is 105 Å². The smallest absolute Gasteiger partial charge is 0.242 e. The van der Waals surface area contributed by atoms with E-state index >= 15 is 0 Å². The molecule has 2 fully saturated rings. The maximum absolute atomic E-state index is 13.3. The summed E-state index contributed by atoms with van der Waals surface area (Å²) >= 11 is 6.44. The lowest BCUT2D eigenvalue weighted by molar-refractivity contribution is -0.119. The van der Waals surface area contributed by atoms with Crippen LogP contribution in [-0.2, 0) is 19.7 Å². The van der Waals surface area contributed by atoms with Crippen LogP contribution in [0.3, 0.4) is 0 Å². The van der Waals surface area contributed by atoms with Crippen LogP contribution in [0.25, 0.3) is 0 Å². The van der Waals surface area contributed by atoms with Gasteiger partial charge in [-0.25, -0.2) is 4.98 Å². The summed E-state index contributed by atoms with van der Waals surface area (Å²) < 4.78 is 15.4. The van der Waals surface area contributed by atoms with E-state index in [0.29, 0.717) is 40.4 Å². The predicted octanol–water partition coefficient (Wildman–Crippen LogP) is 5.24. The number of amides is 1. The number of halogens is 1. The van der Waals surface area contributed by atoms with Gasteiger partial charge >= 0.3 is 0 Å². The van der Waals surface area contributed by atoms with Crippen molar-refractivity contribution in [2.75, 3.05) is 38.9 Å². The van der Waals surface area contributed by atoms with Crippen molar-refractivity contribution in [1.29, 1.82) is 5.41 Å². The number of phenolic OH excluding ortho intramolecular Hbond substituents is 1. The van der Waals surface area contributed by atoms with Crippen molar-refractivity contribution in [3.63, 3.8) is 0 Å². The first kappa shape index (κ1) is 26.9. The molecule has 2 aromatic rings. The minimum atomic E-state index is -0.564. The molecule has 1 aromatic carbocycles. The molecule has 1 aromatic heterocycles. The highest BCUT2D eigenvalue weighted by atomic mass is 35.5. The molecule has 1 amide bonds. The molecule has 8 nitrogen and oxygen atoms in total. The fraction of sp³-hybridized carbons (Fsp3) is 0.500. The van der Waals surface area contributed by atoms with Gasteiger partial charge in [-0.3, -0.25) is 9.69 Å². The fourth-order valence-electron chi connectivity index (χ4n) is 4.33. The van der Waals surface area contributed by atoms with E-state index in [1.54, 1.807) is 43.5 Å².